The number of hydrogen-bond donors (Lipinski definition) is 2. The summed E-state index contributed by atoms with van der Waals surface area (Å²) in [5.41, 5.74) is 3.51. The number of halogens is 1. The summed E-state index contributed by atoms with van der Waals surface area (Å²) in [4.78, 5) is 39.5. The number of ether oxygens (including phenoxy) is 1. The fourth-order valence-electron chi connectivity index (χ4n) is 4.94. The van der Waals surface area contributed by atoms with Crippen LogP contribution in [0.15, 0.2) is 39.1 Å². The molecule has 164 valence electrons. The molecule has 0 atom stereocenters. The first-order valence-electron chi connectivity index (χ1n) is 10.4. The van der Waals surface area contributed by atoms with Crippen LogP contribution in [0, 0.1) is 0 Å². The maximum Gasteiger partial charge on any atom is 0.305 e. The number of allylic oxidation sites excluding steroid dienone is 4. The van der Waals surface area contributed by atoms with E-state index >= 15 is 0 Å². The van der Waals surface area contributed by atoms with Crippen LogP contribution in [0.1, 0.15) is 56.4 Å². The van der Waals surface area contributed by atoms with Crippen LogP contribution in [0.25, 0.3) is 0 Å². The first-order chi connectivity index (χ1) is 14.8. The summed E-state index contributed by atoms with van der Waals surface area (Å²) in [5.74, 6) is -1.27. The van der Waals surface area contributed by atoms with Gasteiger partial charge < -0.3 is 19.8 Å². The highest BCUT2D eigenvalue weighted by Crippen LogP contribution is 2.50. The molecule has 0 spiro atoms. The topological polar surface area (TPSA) is 104 Å². The molecule has 0 fully saturated rings. The first kappa shape index (κ1) is 21.6. The zero-order valence-electron chi connectivity index (χ0n) is 17.2. The molecule has 0 bridgehead atoms. The third kappa shape index (κ3) is 3.78. The van der Waals surface area contributed by atoms with Gasteiger partial charge >= 0.3 is 5.97 Å². The molecule has 1 aliphatic heterocycles. The van der Waals surface area contributed by atoms with Crippen molar-refractivity contribution >= 4 is 33.5 Å². The van der Waals surface area contributed by atoms with Gasteiger partial charge in [-0.1, -0.05) is 0 Å². The lowest BCUT2D eigenvalue weighted by Crippen LogP contribution is -2.39. The summed E-state index contributed by atoms with van der Waals surface area (Å²) in [5, 5.41) is 19.5. The minimum absolute atomic E-state index is 0.0142. The fraction of sp³-hybridized carbons (Fsp3) is 0.435. The number of carboxylic acids is 1. The van der Waals surface area contributed by atoms with E-state index in [4.69, 9.17) is 4.74 Å². The Morgan fingerprint density at radius 3 is 2.19 bits per heavy atom. The van der Waals surface area contributed by atoms with E-state index in [-0.39, 0.29) is 36.0 Å². The Morgan fingerprint density at radius 1 is 1.10 bits per heavy atom. The number of aliphatic carboxylic acids is 1. The second kappa shape index (κ2) is 8.49. The van der Waals surface area contributed by atoms with Crippen LogP contribution in [-0.2, 0) is 14.4 Å². The number of aromatic hydroxyl groups is 1. The number of methoxy groups -OCH3 is 1. The van der Waals surface area contributed by atoms with Gasteiger partial charge in [-0.3, -0.25) is 14.4 Å². The Balaban J connectivity index is 1.95. The molecule has 0 amide bonds. The molecular formula is C23H24BrNO6. The fourth-order valence-corrected chi connectivity index (χ4v) is 5.40. The smallest absolute Gasteiger partial charge is 0.305 e. The highest BCUT2D eigenvalue weighted by atomic mass is 79.9. The summed E-state index contributed by atoms with van der Waals surface area (Å²) in [6, 6.07) is 3.41. The Labute approximate surface area is 188 Å². The summed E-state index contributed by atoms with van der Waals surface area (Å²) in [6.45, 7) is 0.239. The molecule has 7 nitrogen and oxygen atoms in total. The van der Waals surface area contributed by atoms with Crippen LogP contribution >= 0.6 is 15.9 Å². The van der Waals surface area contributed by atoms with E-state index in [0.717, 1.165) is 11.4 Å². The Hall–Kier alpha value is -2.61. The van der Waals surface area contributed by atoms with Crippen LogP contribution in [0.5, 0.6) is 11.5 Å². The number of hydrogen-bond acceptors (Lipinski definition) is 6. The monoisotopic (exact) mass is 489 g/mol. The van der Waals surface area contributed by atoms with Gasteiger partial charge in [0.1, 0.15) is 0 Å². The van der Waals surface area contributed by atoms with E-state index in [1.165, 1.54) is 7.11 Å². The molecule has 1 heterocycles. The predicted molar refractivity (Wildman–Crippen MR) is 116 cm³/mol. The third-order valence-corrected chi connectivity index (χ3v) is 6.84. The number of rotatable bonds is 5. The van der Waals surface area contributed by atoms with Crippen molar-refractivity contribution in [1.82, 2.24) is 4.90 Å². The van der Waals surface area contributed by atoms with E-state index in [1.807, 2.05) is 4.90 Å². The lowest BCUT2D eigenvalue weighted by atomic mass is 9.71. The summed E-state index contributed by atoms with van der Waals surface area (Å²) in [6.07, 6.45) is 3.46. The van der Waals surface area contributed by atoms with Gasteiger partial charge in [0.15, 0.2) is 23.1 Å². The second-order valence-corrected chi connectivity index (χ2v) is 8.91. The van der Waals surface area contributed by atoms with Crippen LogP contribution in [0.4, 0.5) is 0 Å². The molecule has 1 aromatic carbocycles. The highest BCUT2D eigenvalue weighted by molar-refractivity contribution is 9.10. The van der Waals surface area contributed by atoms with Crippen molar-refractivity contribution in [2.24, 2.45) is 0 Å². The van der Waals surface area contributed by atoms with Crippen molar-refractivity contribution in [2.75, 3.05) is 13.7 Å². The van der Waals surface area contributed by atoms with E-state index in [1.54, 1.807) is 12.1 Å². The number of carboxylic acid groups (broad SMARTS) is 1. The number of nitrogens with zero attached hydrogens (tertiary/aromatic N) is 1. The third-order valence-electron chi connectivity index (χ3n) is 6.24. The van der Waals surface area contributed by atoms with Crippen molar-refractivity contribution in [3.8, 4) is 11.5 Å². The van der Waals surface area contributed by atoms with Crippen LogP contribution in [-0.4, -0.2) is 46.3 Å². The number of carbonyl (C=O) groups is 3. The molecule has 31 heavy (non-hydrogen) atoms. The zero-order chi connectivity index (χ0) is 22.3. The van der Waals surface area contributed by atoms with Crippen molar-refractivity contribution in [3.63, 3.8) is 0 Å². The number of phenols is 1. The molecule has 0 unspecified atom stereocenters. The molecule has 3 aliphatic rings. The Bertz CT molecular complexity index is 997. The van der Waals surface area contributed by atoms with Crippen LogP contribution in [0.2, 0.25) is 0 Å². The summed E-state index contributed by atoms with van der Waals surface area (Å²) >= 11 is 3.36. The maximum atomic E-state index is 13.2. The van der Waals surface area contributed by atoms with Gasteiger partial charge in [0.05, 0.1) is 18.0 Å². The normalized spacial score (nSPS) is 19.5. The molecule has 8 heteroatoms. The predicted octanol–water partition coefficient (Wildman–Crippen LogP) is 4.05. The first-order valence-corrected chi connectivity index (χ1v) is 11.2. The standard InChI is InChI=1S/C23H24BrNO6/c1-31-18-11-12(10-13(24)23(18)30)20-21-14(4-2-6-16(21)26)25(9-8-19(28)29)15-5-3-7-17(27)22(15)20/h10-11,20,30H,2-9H2,1H3,(H,28,29). The summed E-state index contributed by atoms with van der Waals surface area (Å²) < 4.78 is 5.73. The van der Waals surface area contributed by atoms with Gasteiger partial charge in [-0.15, -0.1) is 0 Å². The minimum atomic E-state index is -0.914. The second-order valence-electron chi connectivity index (χ2n) is 8.06. The van der Waals surface area contributed by atoms with E-state index in [0.29, 0.717) is 59.7 Å². The number of carbonyl (C=O) groups excluding carboxylic acids is 2. The molecule has 2 aliphatic carbocycles. The highest BCUT2D eigenvalue weighted by Gasteiger charge is 2.43. The van der Waals surface area contributed by atoms with Gasteiger partial charge in [-0.05, 0) is 59.3 Å². The lowest BCUT2D eigenvalue weighted by Gasteiger charge is -2.44. The SMILES string of the molecule is COc1cc(C2C3=C(CCCC3=O)N(CCC(=O)O)C3=C2C(=O)CCC3)cc(Br)c1O. The molecule has 2 N–H and O–H groups in total. The molecule has 0 saturated carbocycles. The summed E-state index contributed by atoms with van der Waals surface area (Å²) in [7, 11) is 1.45. The molecule has 1 aromatic rings. The van der Waals surface area contributed by atoms with Crippen molar-refractivity contribution in [1.29, 1.82) is 0 Å². The number of ketones is 2. The number of Topliss-reactive ketones (excluding diaryl/α,β-unsaturated/α-hetero) is 2. The van der Waals surface area contributed by atoms with Gasteiger partial charge in [-0.25, -0.2) is 0 Å². The van der Waals surface area contributed by atoms with Crippen molar-refractivity contribution in [3.05, 3.63) is 44.7 Å². The Kier molecular flexibility index (Phi) is 5.92. The number of benzene rings is 1. The van der Waals surface area contributed by atoms with Crippen LogP contribution in [0.3, 0.4) is 0 Å². The maximum absolute atomic E-state index is 13.2. The molecule has 0 aromatic heterocycles. The molecule has 0 radical (unpaired) electrons. The van der Waals surface area contributed by atoms with E-state index in [2.05, 4.69) is 15.9 Å². The van der Waals surface area contributed by atoms with Gasteiger partial charge in [0.2, 0.25) is 0 Å². The molecular weight excluding hydrogens is 466 g/mol. The molecule has 4 rings (SSSR count). The van der Waals surface area contributed by atoms with Gasteiger partial charge in [0.25, 0.3) is 0 Å². The largest absolute Gasteiger partial charge is 0.503 e. The average Bonchev–Trinajstić information content (AvgIpc) is 2.73. The molecule has 0 saturated heterocycles. The minimum Gasteiger partial charge on any atom is -0.503 e. The van der Waals surface area contributed by atoms with Crippen molar-refractivity contribution < 1.29 is 29.3 Å². The van der Waals surface area contributed by atoms with Crippen molar-refractivity contribution in [2.45, 2.75) is 50.9 Å². The van der Waals surface area contributed by atoms with Crippen LogP contribution < -0.4 is 4.74 Å². The lowest BCUT2D eigenvalue weighted by molar-refractivity contribution is -0.137. The number of phenolic OH excluding ortho intramolecular Hbond substituents is 1. The van der Waals surface area contributed by atoms with Gasteiger partial charge in [0, 0.05) is 47.8 Å². The Morgan fingerprint density at radius 2 is 1.68 bits per heavy atom. The zero-order valence-corrected chi connectivity index (χ0v) is 18.8. The van der Waals surface area contributed by atoms with E-state index in [9.17, 15) is 24.6 Å². The average molecular weight is 490 g/mol. The van der Waals surface area contributed by atoms with E-state index < -0.39 is 11.9 Å². The quantitative estimate of drug-likeness (QED) is 0.642. The van der Waals surface area contributed by atoms with Gasteiger partial charge in [-0.2, -0.15) is 0 Å².